The first-order valence-electron chi connectivity index (χ1n) is 10.6. The average molecular weight is 450 g/mol. The Morgan fingerprint density at radius 1 is 1.12 bits per heavy atom. The Bertz CT molecular complexity index is 1340. The highest BCUT2D eigenvalue weighted by Gasteiger charge is 2.15. The van der Waals surface area contributed by atoms with Gasteiger partial charge in [0.2, 0.25) is 5.91 Å². The fourth-order valence-electron chi connectivity index (χ4n) is 3.57. The molecule has 9 heteroatoms. The predicted molar refractivity (Wildman–Crippen MR) is 125 cm³/mol. The second-order valence-corrected chi connectivity index (χ2v) is 7.55. The molecule has 0 spiro atoms. The third kappa shape index (κ3) is 4.62. The molecule has 0 fully saturated rings. The molecule has 0 atom stereocenters. The van der Waals surface area contributed by atoms with Crippen molar-refractivity contribution in [3.8, 4) is 17.2 Å². The van der Waals surface area contributed by atoms with Gasteiger partial charge in [-0.15, -0.1) is 0 Å². The summed E-state index contributed by atoms with van der Waals surface area (Å²) in [5.41, 5.74) is 2.13. The van der Waals surface area contributed by atoms with E-state index < -0.39 is 0 Å². The smallest absolute Gasteiger partial charge is 0.278 e. The van der Waals surface area contributed by atoms with Crippen LogP contribution in [0.25, 0.3) is 21.9 Å². The van der Waals surface area contributed by atoms with Gasteiger partial charge in [0.25, 0.3) is 5.56 Å². The molecule has 0 saturated heterocycles. The monoisotopic (exact) mass is 450 g/mol. The van der Waals surface area contributed by atoms with Crippen LogP contribution in [0.4, 0.5) is 0 Å². The van der Waals surface area contributed by atoms with E-state index in [1.54, 1.807) is 26.4 Å². The maximum Gasteiger partial charge on any atom is 0.278 e. The van der Waals surface area contributed by atoms with Crippen LogP contribution >= 0.6 is 0 Å². The van der Waals surface area contributed by atoms with Crippen LogP contribution in [-0.4, -0.2) is 41.3 Å². The average Bonchev–Trinajstić information content (AvgIpc) is 3.21. The summed E-state index contributed by atoms with van der Waals surface area (Å²) < 4.78 is 17.5. The normalized spacial score (nSPS) is 11.0. The number of carbonyl (C=O) groups is 1. The number of aromatic amines is 1. The molecule has 0 bridgehead atoms. The Morgan fingerprint density at radius 3 is 2.55 bits per heavy atom. The second kappa shape index (κ2) is 9.64. The molecule has 0 unspecified atom stereocenters. The topological polar surface area (TPSA) is 107 Å². The zero-order valence-electron chi connectivity index (χ0n) is 18.8. The third-order valence-electron chi connectivity index (χ3n) is 5.28. The van der Waals surface area contributed by atoms with Gasteiger partial charge in [-0.25, -0.2) is 4.98 Å². The Balaban J connectivity index is 1.49. The number of aromatic nitrogens is 3. The number of methoxy groups -OCH3 is 2. The standard InChI is InChI=1S/C24H26N4O5/c1-4-9-33-16-7-5-15(6-8-16)12-25-21(29)13-28-14-26-22-17-10-19(31-2)20(32-3)11-18(17)27-23(22)24(28)30/h5-8,10-11,14,27H,4,9,12-13H2,1-3H3,(H,25,29). The maximum absolute atomic E-state index is 13.0. The van der Waals surface area contributed by atoms with Crippen molar-refractivity contribution >= 4 is 27.8 Å². The maximum atomic E-state index is 13.0. The lowest BCUT2D eigenvalue weighted by molar-refractivity contribution is -0.121. The predicted octanol–water partition coefficient (Wildman–Crippen LogP) is 3.00. The van der Waals surface area contributed by atoms with Crippen molar-refractivity contribution in [2.75, 3.05) is 20.8 Å². The SMILES string of the molecule is CCCOc1ccc(CNC(=O)Cn2cnc3c([nH]c4cc(OC)c(OC)cc43)c2=O)cc1. The molecule has 2 aromatic carbocycles. The first-order valence-corrected chi connectivity index (χ1v) is 10.6. The van der Waals surface area contributed by atoms with Crippen LogP contribution in [0.5, 0.6) is 17.2 Å². The quantitative estimate of drug-likeness (QED) is 0.406. The van der Waals surface area contributed by atoms with Gasteiger partial charge in [-0.05, 0) is 30.2 Å². The van der Waals surface area contributed by atoms with Gasteiger partial charge in [-0.3, -0.25) is 14.2 Å². The Labute approximate surface area is 190 Å². The number of rotatable bonds is 9. The lowest BCUT2D eigenvalue weighted by Gasteiger charge is -2.09. The first kappa shape index (κ1) is 22.2. The molecule has 0 radical (unpaired) electrons. The molecule has 9 nitrogen and oxygen atoms in total. The molecular weight excluding hydrogens is 424 g/mol. The number of ether oxygens (including phenoxy) is 3. The van der Waals surface area contributed by atoms with Crippen molar-refractivity contribution in [3.63, 3.8) is 0 Å². The lowest BCUT2D eigenvalue weighted by Crippen LogP contribution is -2.32. The summed E-state index contributed by atoms with van der Waals surface area (Å²) in [7, 11) is 3.09. The first-order chi connectivity index (χ1) is 16.0. The van der Waals surface area contributed by atoms with Crippen molar-refractivity contribution in [2.45, 2.75) is 26.4 Å². The summed E-state index contributed by atoms with van der Waals surface area (Å²) in [6.45, 7) is 2.93. The summed E-state index contributed by atoms with van der Waals surface area (Å²) in [6.07, 6.45) is 2.33. The summed E-state index contributed by atoms with van der Waals surface area (Å²) in [5.74, 6) is 1.60. The van der Waals surface area contributed by atoms with E-state index in [1.165, 1.54) is 10.9 Å². The number of hydrogen-bond acceptors (Lipinski definition) is 6. The zero-order valence-corrected chi connectivity index (χ0v) is 18.8. The van der Waals surface area contributed by atoms with Crippen molar-refractivity contribution in [1.82, 2.24) is 19.9 Å². The van der Waals surface area contributed by atoms with Crippen LogP contribution in [0.2, 0.25) is 0 Å². The fraction of sp³-hybridized carbons (Fsp3) is 0.292. The van der Waals surface area contributed by atoms with Crippen LogP contribution in [0, 0.1) is 0 Å². The number of benzene rings is 2. The summed E-state index contributed by atoms with van der Waals surface area (Å²) in [6, 6.07) is 11.1. The lowest BCUT2D eigenvalue weighted by atomic mass is 10.2. The van der Waals surface area contributed by atoms with E-state index in [1.807, 2.05) is 24.3 Å². The molecule has 2 N–H and O–H groups in total. The largest absolute Gasteiger partial charge is 0.494 e. The van der Waals surface area contributed by atoms with Gasteiger partial charge in [0, 0.05) is 18.0 Å². The zero-order chi connectivity index (χ0) is 23.4. The molecule has 172 valence electrons. The van der Waals surface area contributed by atoms with E-state index in [2.05, 4.69) is 22.2 Å². The number of carbonyl (C=O) groups excluding carboxylic acids is 1. The van der Waals surface area contributed by atoms with E-state index in [-0.39, 0.29) is 18.0 Å². The minimum absolute atomic E-state index is 0.137. The van der Waals surface area contributed by atoms with Gasteiger partial charge in [0.05, 0.1) is 32.7 Å². The van der Waals surface area contributed by atoms with E-state index in [9.17, 15) is 9.59 Å². The van der Waals surface area contributed by atoms with Crippen LogP contribution in [0.1, 0.15) is 18.9 Å². The van der Waals surface area contributed by atoms with E-state index in [0.29, 0.717) is 41.2 Å². The van der Waals surface area contributed by atoms with Gasteiger partial charge < -0.3 is 24.5 Å². The van der Waals surface area contributed by atoms with Gasteiger partial charge in [0.1, 0.15) is 23.3 Å². The summed E-state index contributed by atoms with van der Waals surface area (Å²) in [4.78, 5) is 32.9. The van der Waals surface area contributed by atoms with E-state index >= 15 is 0 Å². The number of H-pyrrole nitrogens is 1. The molecule has 0 aliphatic carbocycles. The molecule has 1 amide bonds. The Kier molecular flexibility index (Phi) is 6.48. The highest BCUT2D eigenvalue weighted by Crippen LogP contribution is 2.34. The Morgan fingerprint density at radius 2 is 1.85 bits per heavy atom. The van der Waals surface area contributed by atoms with Crippen molar-refractivity contribution in [1.29, 1.82) is 0 Å². The van der Waals surface area contributed by atoms with E-state index in [4.69, 9.17) is 14.2 Å². The van der Waals surface area contributed by atoms with Gasteiger partial charge in [-0.1, -0.05) is 19.1 Å². The van der Waals surface area contributed by atoms with Crippen LogP contribution in [-0.2, 0) is 17.9 Å². The summed E-state index contributed by atoms with van der Waals surface area (Å²) in [5, 5.41) is 3.57. The number of hydrogen-bond donors (Lipinski definition) is 2. The fourth-order valence-corrected chi connectivity index (χ4v) is 3.57. The van der Waals surface area contributed by atoms with Crippen molar-refractivity contribution in [2.24, 2.45) is 0 Å². The van der Waals surface area contributed by atoms with Crippen LogP contribution in [0.3, 0.4) is 0 Å². The highest BCUT2D eigenvalue weighted by molar-refractivity contribution is 6.05. The molecule has 2 aromatic heterocycles. The minimum atomic E-state index is -0.332. The van der Waals surface area contributed by atoms with Gasteiger partial charge in [-0.2, -0.15) is 0 Å². The Hall–Kier alpha value is -4.01. The molecular formula is C24H26N4O5. The van der Waals surface area contributed by atoms with Crippen LogP contribution < -0.4 is 25.1 Å². The van der Waals surface area contributed by atoms with Crippen LogP contribution in [0.15, 0.2) is 47.5 Å². The van der Waals surface area contributed by atoms with E-state index in [0.717, 1.165) is 23.1 Å². The van der Waals surface area contributed by atoms with Gasteiger partial charge >= 0.3 is 0 Å². The number of nitrogens with zero attached hydrogens (tertiary/aromatic N) is 2. The molecule has 0 aliphatic heterocycles. The summed E-state index contributed by atoms with van der Waals surface area (Å²) >= 11 is 0. The van der Waals surface area contributed by atoms with Gasteiger partial charge in [0.15, 0.2) is 11.5 Å². The number of nitrogens with one attached hydrogen (secondary N) is 2. The second-order valence-electron chi connectivity index (χ2n) is 7.55. The molecule has 0 aliphatic rings. The van der Waals surface area contributed by atoms with Crippen molar-refractivity contribution < 1.29 is 19.0 Å². The highest BCUT2D eigenvalue weighted by atomic mass is 16.5. The molecule has 4 rings (SSSR count). The number of amides is 1. The molecule has 0 saturated carbocycles. The third-order valence-corrected chi connectivity index (χ3v) is 5.28. The number of fused-ring (bicyclic) bond motifs is 3. The minimum Gasteiger partial charge on any atom is -0.494 e. The molecule has 2 heterocycles. The molecule has 4 aromatic rings. The molecule has 33 heavy (non-hydrogen) atoms. The van der Waals surface area contributed by atoms with Crippen molar-refractivity contribution in [3.05, 3.63) is 58.6 Å².